The number of halogens is 1. The summed E-state index contributed by atoms with van der Waals surface area (Å²) in [7, 11) is -3.91. The number of sulfonamides is 1. The minimum atomic E-state index is -3.91. The van der Waals surface area contributed by atoms with Crippen LogP contribution in [-0.2, 0) is 21.2 Å². The van der Waals surface area contributed by atoms with Crippen LogP contribution in [0.4, 0.5) is 0 Å². The Hall–Kier alpha value is -2.35. The van der Waals surface area contributed by atoms with Gasteiger partial charge in [0.25, 0.3) is 0 Å². The smallest absolute Gasteiger partial charge is 0.241 e. The second-order valence-electron chi connectivity index (χ2n) is 8.24. The standard InChI is InChI=1S/C24H28ClN3O3S/c25-20-9-4-3-8-18(20)12-13-22(24(29)28-16-5-1-2-6-17-28)27-32(30,31)23-11-7-10-21-19(23)14-15-26-21/h3-4,7-11,14-15,22,26-27H,1-2,5-6,12-13,16-17H2. The summed E-state index contributed by atoms with van der Waals surface area (Å²) >= 11 is 6.30. The Morgan fingerprint density at radius 3 is 2.53 bits per heavy atom. The Morgan fingerprint density at radius 2 is 1.78 bits per heavy atom. The molecule has 0 aliphatic carbocycles. The Labute approximate surface area is 194 Å². The first kappa shape index (κ1) is 22.8. The first-order valence-corrected chi connectivity index (χ1v) is 12.9. The van der Waals surface area contributed by atoms with E-state index in [1.807, 2.05) is 29.2 Å². The number of hydrogen-bond donors (Lipinski definition) is 2. The van der Waals surface area contributed by atoms with Gasteiger partial charge in [0.2, 0.25) is 15.9 Å². The molecule has 1 aliphatic heterocycles. The molecule has 0 spiro atoms. The van der Waals surface area contributed by atoms with E-state index in [4.69, 9.17) is 11.6 Å². The van der Waals surface area contributed by atoms with Gasteiger partial charge in [-0.15, -0.1) is 0 Å². The number of benzene rings is 2. The highest BCUT2D eigenvalue weighted by molar-refractivity contribution is 7.89. The maximum absolute atomic E-state index is 13.4. The van der Waals surface area contributed by atoms with Gasteiger partial charge in [0.05, 0.1) is 4.90 Å². The van der Waals surface area contributed by atoms with Crippen molar-refractivity contribution in [2.45, 2.75) is 49.5 Å². The lowest BCUT2D eigenvalue weighted by Gasteiger charge is -2.27. The lowest BCUT2D eigenvalue weighted by atomic mass is 10.0. The summed E-state index contributed by atoms with van der Waals surface area (Å²) in [6, 6.07) is 13.4. The minimum Gasteiger partial charge on any atom is -0.361 e. The molecule has 1 fully saturated rings. The fraction of sp³-hybridized carbons (Fsp3) is 0.375. The van der Waals surface area contributed by atoms with Gasteiger partial charge in [-0.3, -0.25) is 4.79 Å². The van der Waals surface area contributed by atoms with E-state index in [0.717, 1.165) is 36.8 Å². The van der Waals surface area contributed by atoms with Gasteiger partial charge in [-0.25, -0.2) is 8.42 Å². The van der Waals surface area contributed by atoms with Crippen molar-refractivity contribution in [1.82, 2.24) is 14.6 Å². The molecule has 2 heterocycles. The Balaban J connectivity index is 1.61. The van der Waals surface area contributed by atoms with Gasteiger partial charge in [-0.2, -0.15) is 4.72 Å². The maximum atomic E-state index is 13.4. The summed E-state index contributed by atoms with van der Waals surface area (Å²) in [6.45, 7) is 1.33. The molecule has 0 radical (unpaired) electrons. The van der Waals surface area contributed by atoms with Crippen LogP contribution < -0.4 is 4.72 Å². The molecular formula is C24H28ClN3O3S. The number of fused-ring (bicyclic) bond motifs is 1. The number of carbonyl (C=O) groups is 1. The van der Waals surface area contributed by atoms with Gasteiger partial charge in [0, 0.05) is 35.2 Å². The average molecular weight is 474 g/mol. The molecular weight excluding hydrogens is 446 g/mol. The van der Waals surface area contributed by atoms with Crippen LogP contribution in [0.25, 0.3) is 10.9 Å². The number of hydrogen-bond acceptors (Lipinski definition) is 3. The zero-order chi connectivity index (χ0) is 22.6. The van der Waals surface area contributed by atoms with E-state index in [-0.39, 0.29) is 10.8 Å². The number of aromatic nitrogens is 1. The van der Waals surface area contributed by atoms with Crippen molar-refractivity contribution in [3.05, 3.63) is 65.3 Å². The molecule has 1 aromatic heterocycles. The van der Waals surface area contributed by atoms with Crippen LogP contribution in [0.5, 0.6) is 0 Å². The first-order valence-electron chi connectivity index (χ1n) is 11.1. The quantitative estimate of drug-likeness (QED) is 0.529. The summed E-state index contributed by atoms with van der Waals surface area (Å²) in [4.78, 5) is 18.5. The molecule has 170 valence electrons. The van der Waals surface area contributed by atoms with E-state index in [1.54, 1.807) is 30.5 Å². The highest BCUT2D eigenvalue weighted by atomic mass is 35.5. The third-order valence-corrected chi connectivity index (χ3v) is 7.92. The third kappa shape index (κ3) is 5.17. The van der Waals surface area contributed by atoms with E-state index in [2.05, 4.69) is 9.71 Å². The predicted molar refractivity (Wildman–Crippen MR) is 127 cm³/mol. The second kappa shape index (κ2) is 10.1. The minimum absolute atomic E-state index is 0.163. The van der Waals surface area contributed by atoms with Crippen LogP contribution in [0, 0.1) is 0 Å². The number of aromatic amines is 1. The van der Waals surface area contributed by atoms with Crippen LogP contribution in [0.15, 0.2) is 59.6 Å². The molecule has 32 heavy (non-hydrogen) atoms. The third-order valence-electron chi connectivity index (χ3n) is 6.02. The van der Waals surface area contributed by atoms with Crippen LogP contribution in [0.1, 0.15) is 37.7 Å². The average Bonchev–Trinajstić information content (AvgIpc) is 3.10. The van der Waals surface area contributed by atoms with Gasteiger partial charge < -0.3 is 9.88 Å². The van der Waals surface area contributed by atoms with Gasteiger partial charge in [0.15, 0.2) is 0 Å². The normalized spacial score (nSPS) is 16.1. The Morgan fingerprint density at radius 1 is 1.03 bits per heavy atom. The number of rotatable bonds is 7. The molecule has 3 aromatic rings. The summed E-state index contributed by atoms with van der Waals surface area (Å²) < 4.78 is 29.5. The molecule has 1 amide bonds. The molecule has 0 saturated carbocycles. The monoisotopic (exact) mass is 473 g/mol. The zero-order valence-corrected chi connectivity index (χ0v) is 19.5. The van der Waals surface area contributed by atoms with E-state index in [9.17, 15) is 13.2 Å². The summed E-state index contributed by atoms with van der Waals surface area (Å²) in [5.74, 6) is -0.163. The van der Waals surface area contributed by atoms with Gasteiger partial charge in [-0.1, -0.05) is 48.7 Å². The number of likely N-dealkylation sites (tertiary alicyclic amines) is 1. The number of nitrogens with zero attached hydrogens (tertiary/aromatic N) is 1. The number of carbonyl (C=O) groups excluding carboxylic acids is 1. The lowest BCUT2D eigenvalue weighted by Crippen LogP contribution is -2.49. The fourth-order valence-electron chi connectivity index (χ4n) is 4.29. The van der Waals surface area contributed by atoms with E-state index in [0.29, 0.717) is 36.3 Å². The molecule has 6 nitrogen and oxygen atoms in total. The predicted octanol–water partition coefficient (Wildman–Crippen LogP) is 4.50. The number of nitrogens with one attached hydrogen (secondary N) is 2. The molecule has 0 bridgehead atoms. The fourth-order valence-corrected chi connectivity index (χ4v) is 5.96. The van der Waals surface area contributed by atoms with Crippen LogP contribution >= 0.6 is 11.6 Å². The first-order chi connectivity index (χ1) is 15.5. The van der Waals surface area contributed by atoms with Crippen molar-refractivity contribution in [3.8, 4) is 0 Å². The summed E-state index contributed by atoms with van der Waals surface area (Å²) in [5, 5.41) is 1.22. The second-order valence-corrected chi connectivity index (χ2v) is 10.3. The summed E-state index contributed by atoms with van der Waals surface area (Å²) in [6.07, 6.45) is 6.62. The van der Waals surface area contributed by atoms with Crippen molar-refractivity contribution in [3.63, 3.8) is 0 Å². The molecule has 1 unspecified atom stereocenters. The SMILES string of the molecule is O=C(C(CCc1ccccc1Cl)NS(=O)(=O)c1cccc2[nH]ccc12)N1CCCCCC1. The number of aryl methyl sites for hydroxylation is 1. The molecule has 1 aliphatic rings. The van der Waals surface area contributed by atoms with Gasteiger partial charge >= 0.3 is 0 Å². The zero-order valence-electron chi connectivity index (χ0n) is 17.9. The van der Waals surface area contributed by atoms with E-state index < -0.39 is 16.1 Å². The molecule has 8 heteroatoms. The topological polar surface area (TPSA) is 82.3 Å². The highest BCUT2D eigenvalue weighted by Gasteiger charge is 2.30. The maximum Gasteiger partial charge on any atom is 0.241 e. The largest absolute Gasteiger partial charge is 0.361 e. The van der Waals surface area contributed by atoms with E-state index >= 15 is 0 Å². The highest BCUT2D eigenvalue weighted by Crippen LogP contribution is 2.24. The molecule has 4 rings (SSSR count). The van der Waals surface area contributed by atoms with Gasteiger partial charge in [0.1, 0.15) is 6.04 Å². The van der Waals surface area contributed by atoms with Crippen LogP contribution in [0.2, 0.25) is 5.02 Å². The van der Waals surface area contributed by atoms with E-state index in [1.165, 1.54) is 0 Å². The van der Waals surface area contributed by atoms with Crippen LogP contribution in [-0.4, -0.2) is 43.3 Å². The van der Waals surface area contributed by atoms with Crippen molar-refractivity contribution >= 4 is 38.4 Å². The Bertz CT molecular complexity index is 1180. The Kier molecular flexibility index (Phi) is 7.18. The van der Waals surface area contributed by atoms with Crippen molar-refractivity contribution in [2.75, 3.05) is 13.1 Å². The van der Waals surface area contributed by atoms with Crippen molar-refractivity contribution < 1.29 is 13.2 Å². The molecule has 1 atom stereocenters. The van der Waals surface area contributed by atoms with Crippen molar-refractivity contribution in [1.29, 1.82) is 0 Å². The summed E-state index contributed by atoms with van der Waals surface area (Å²) in [5.41, 5.74) is 1.63. The number of amides is 1. The lowest BCUT2D eigenvalue weighted by molar-refractivity contribution is -0.133. The molecule has 2 N–H and O–H groups in total. The van der Waals surface area contributed by atoms with Gasteiger partial charge in [-0.05, 0) is 55.5 Å². The molecule has 2 aromatic carbocycles. The van der Waals surface area contributed by atoms with Crippen molar-refractivity contribution in [2.24, 2.45) is 0 Å². The molecule has 1 saturated heterocycles. The van der Waals surface area contributed by atoms with Crippen LogP contribution in [0.3, 0.4) is 0 Å². The number of H-pyrrole nitrogens is 1.